The summed E-state index contributed by atoms with van der Waals surface area (Å²) in [6.07, 6.45) is 4.30. The van der Waals surface area contributed by atoms with E-state index in [1.54, 1.807) is 19.1 Å². The van der Waals surface area contributed by atoms with Gasteiger partial charge in [-0.15, -0.1) is 0 Å². The van der Waals surface area contributed by atoms with Crippen LogP contribution >= 0.6 is 0 Å². The number of aromatic amines is 1. The average Bonchev–Trinajstić information content (AvgIpc) is 3.57. The summed E-state index contributed by atoms with van der Waals surface area (Å²) in [4.78, 5) is 45.7. The third kappa shape index (κ3) is 8.54. The van der Waals surface area contributed by atoms with Gasteiger partial charge in [0, 0.05) is 12.3 Å². The van der Waals surface area contributed by atoms with Gasteiger partial charge in [-0.05, 0) is 56.1 Å². The summed E-state index contributed by atoms with van der Waals surface area (Å²) in [5.74, 6) is -1.06. The summed E-state index contributed by atoms with van der Waals surface area (Å²) in [6.45, 7) is 10.7. The molecule has 0 spiro atoms. The largest absolute Gasteiger partial charge is 0.463 e. The molecular weight excluding hydrogens is 566 g/mol. The highest BCUT2D eigenvalue weighted by atomic mass is 16.6. The van der Waals surface area contributed by atoms with Crippen molar-refractivity contribution in [2.24, 2.45) is 28.0 Å². The van der Waals surface area contributed by atoms with Crippen LogP contribution in [0.5, 0.6) is 0 Å². The number of esters is 2. The lowest BCUT2D eigenvalue weighted by atomic mass is 9.87. The summed E-state index contributed by atoms with van der Waals surface area (Å²) in [5, 5.41) is 21.9. The average molecular weight is 618 g/mol. The predicted molar refractivity (Wildman–Crippen MR) is 166 cm³/mol. The SMILES string of the molecule is CCC(CC)C(=O)NC(=NC=N)c1ccc([C@]2(C)O[C@H](COC(=O)CC3CCCCC3)[C@@H](OC(=O)[C@@H](N)C(C)(C)C)[C@H]2O)[nH]1. The third-order valence-corrected chi connectivity index (χ3v) is 8.93. The number of aliphatic hydroxyl groups is 1. The van der Waals surface area contributed by atoms with Gasteiger partial charge in [-0.1, -0.05) is 53.9 Å². The van der Waals surface area contributed by atoms with Gasteiger partial charge in [0.2, 0.25) is 5.91 Å². The van der Waals surface area contributed by atoms with Crippen molar-refractivity contribution in [3.63, 3.8) is 0 Å². The third-order valence-electron chi connectivity index (χ3n) is 8.93. The van der Waals surface area contributed by atoms with Crippen LogP contribution in [0.25, 0.3) is 0 Å². The molecule has 0 aromatic carbocycles. The molecule has 0 unspecified atom stereocenters. The molecule has 2 fully saturated rings. The lowest BCUT2D eigenvalue weighted by molar-refractivity contribution is -0.164. The molecule has 0 radical (unpaired) electrons. The molecule has 2 aliphatic rings. The Labute approximate surface area is 260 Å². The number of H-pyrrole nitrogens is 1. The van der Waals surface area contributed by atoms with Crippen molar-refractivity contribution in [1.29, 1.82) is 5.41 Å². The molecule has 0 bridgehead atoms. The highest BCUT2D eigenvalue weighted by Crippen LogP contribution is 2.41. The monoisotopic (exact) mass is 617 g/mol. The molecule has 1 aliphatic carbocycles. The topological polar surface area (TPSA) is 189 Å². The van der Waals surface area contributed by atoms with E-state index in [0.29, 0.717) is 30.7 Å². The number of hydrogen-bond donors (Lipinski definition) is 5. The molecule has 1 aliphatic heterocycles. The van der Waals surface area contributed by atoms with E-state index >= 15 is 0 Å². The lowest BCUT2D eigenvalue weighted by Gasteiger charge is -2.29. The molecule has 1 aromatic heterocycles. The van der Waals surface area contributed by atoms with Gasteiger partial charge in [0.25, 0.3) is 0 Å². The minimum Gasteiger partial charge on any atom is -0.463 e. The van der Waals surface area contributed by atoms with E-state index in [2.05, 4.69) is 15.3 Å². The number of nitrogens with zero attached hydrogens (tertiary/aromatic N) is 1. The molecule has 2 heterocycles. The molecule has 12 nitrogen and oxygen atoms in total. The van der Waals surface area contributed by atoms with Crippen molar-refractivity contribution >= 4 is 30.0 Å². The van der Waals surface area contributed by atoms with Crippen LogP contribution in [-0.4, -0.2) is 71.1 Å². The zero-order valence-corrected chi connectivity index (χ0v) is 27.0. The second kappa shape index (κ2) is 15.3. The van der Waals surface area contributed by atoms with Crippen LogP contribution < -0.4 is 11.1 Å². The molecule has 1 saturated carbocycles. The first-order chi connectivity index (χ1) is 20.7. The highest BCUT2D eigenvalue weighted by molar-refractivity contribution is 6.09. The number of aliphatic imine (C=N–C) groups is 1. The normalized spacial score (nSPS) is 25.5. The minimum atomic E-state index is -1.43. The number of amides is 1. The van der Waals surface area contributed by atoms with Crippen molar-refractivity contribution in [1.82, 2.24) is 10.3 Å². The maximum atomic E-state index is 13.1. The van der Waals surface area contributed by atoms with Crippen LogP contribution in [0.1, 0.15) is 104 Å². The van der Waals surface area contributed by atoms with Gasteiger partial charge in [0.05, 0.1) is 11.4 Å². The van der Waals surface area contributed by atoms with E-state index in [4.69, 9.17) is 25.4 Å². The maximum absolute atomic E-state index is 13.1. The van der Waals surface area contributed by atoms with Crippen molar-refractivity contribution in [2.45, 2.75) is 123 Å². The lowest BCUT2D eigenvalue weighted by Crippen LogP contribution is -2.48. The zero-order chi connectivity index (χ0) is 32.7. The van der Waals surface area contributed by atoms with Crippen LogP contribution in [0.15, 0.2) is 17.1 Å². The number of hydrogen-bond acceptors (Lipinski definition) is 9. The van der Waals surface area contributed by atoms with Gasteiger partial charge < -0.3 is 35.4 Å². The molecule has 12 heteroatoms. The Morgan fingerprint density at radius 1 is 1.23 bits per heavy atom. The van der Waals surface area contributed by atoms with Crippen molar-refractivity contribution < 1.29 is 33.7 Å². The van der Waals surface area contributed by atoms with E-state index in [9.17, 15) is 19.5 Å². The van der Waals surface area contributed by atoms with Gasteiger partial charge in [0.15, 0.2) is 11.9 Å². The second-order valence-electron chi connectivity index (χ2n) is 13.2. The standard InChI is InChI=1S/C32H51N5O7/c1-7-20(8-2)29(40)37-28(35-18-33)21-14-15-23(36-21)32(6)27(39)25(43-30(41)26(34)31(3,4)5)22(44-32)17-42-24(38)16-19-12-10-9-11-13-19/h14-15,18-20,22,25-27,36,39H,7-13,16-17,34H2,1-6H3,(H2,33,35,37,40)/t22-,25-,26-,27-,32+/m1/s1. The van der Waals surface area contributed by atoms with E-state index < -0.39 is 41.3 Å². The second-order valence-corrected chi connectivity index (χ2v) is 13.2. The Kier molecular flexibility index (Phi) is 12.3. The Balaban J connectivity index is 1.84. The number of ether oxygens (including phenoxy) is 3. The first kappa shape index (κ1) is 35.4. The fraction of sp³-hybridized carbons (Fsp3) is 0.719. The Bertz CT molecular complexity index is 1180. The molecule has 6 N–H and O–H groups in total. The van der Waals surface area contributed by atoms with Crippen LogP contribution in [0, 0.1) is 22.7 Å². The van der Waals surface area contributed by atoms with E-state index in [0.717, 1.165) is 32.0 Å². The fourth-order valence-corrected chi connectivity index (χ4v) is 5.82. The number of aliphatic hydroxyl groups excluding tert-OH is 1. The van der Waals surface area contributed by atoms with Gasteiger partial charge >= 0.3 is 11.9 Å². The molecule has 5 atom stereocenters. The number of nitrogens with one attached hydrogen (secondary N) is 3. The van der Waals surface area contributed by atoms with Crippen molar-refractivity contribution in [3.8, 4) is 0 Å². The van der Waals surface area contributed by atoms with Gasteiger partial charge in [-0.3, -0.25) is 19.8 Å². The number of rotatable bonds is 12. The zero-order valence-electron chi connectivity index (χ0n) is 27.0. The highest BCUT2D eigenvalue weighted by Gasteiger charge is 2.56. The van der Waals surface area contributed by atoms with Crippen LogP contribution in [0.3, 0.4) is 0 Å². The minimum absolute atomic E-state index is 0.145. The number of amidine groups is 1. The van der Waals surface area contributed by atoms with Gasteiger partial charge in [-0.25, -0.2) is 4.99 Å². The van der Waals surface area contributed by atoms with Crippen LogP contribution in [-0.2, 0) is 34.2 Å². The Morgan fingerprint density at radius 3 is 2.48 bits per heavy atom. The summed E-state index contributed by atoms with van der Waals surface area (Å²) < 4.78 is 17.7. The van der Waals surface area contributed by atoms with Crippen molar-refractivity contribution in [2.75, 3.05) is 6.61 Å². The maximum Gasteiger partial charge on any atom is 0.323 e. The summed E-state index contributed by atoms with van der Waals surface area (Å²) >= 11 is 0. The van der Waals surface area contributed by atoms with Gasteiger partial charge in [0.1, 0.15) is 36.8 Å². The molecule has 44 heavy (non-hydrogen) atoms. The molecule has 246 valence electrons. The van der Waals surface area contributed by atoms with Gasteiger partial charge in [-0.2, -0.15) is 0 Å². The van der Waals surface area contributed by atoms with E-state index in [-0.39, 0.29) is 36.2 Å². The summed E-state index contributed by atoms with van der Waals surface area (Å²) in [5.41, 5.74) is 4.94. The number of aromatic nitrogens is 1. The molecule has 3 rings (SSSR count). The Morgan fingerprint density at radius 2 is 1.89 bits per heavy atom. The molecule has 1 saturated heterocycles. The number of carbonyl (C=O) groups excluding carboxylic acids is 3. The smallest absolute Gasteiger partial charge is 0.323 e. The molecule has 1 aromatic rings. The number of carbonyl (C=O) groups is 3. The summed E-state index contributed by atoms with van der Waals surface area (Å²) in [7, 11) is 0. The fourth-order valence-electron chi connectivity index (χ4n) is 5.82. The van der Waals surface area contributed by atoms with Crippen LogP contribution in [0.4, 0.5) is 0 Å². The molecular formula is C32H51N5O7. The molecule has 1 amide bonds. The quantitative estimate of drug-likeness (QED) is 0.133. The van der Waals surface area contributed by atoms with Crippen molar-refractivity contribution in [3.05, 3.63) is 23.5 Å². The first-order valence-electron chi connectivity index (χ1n) is 15.8. The van der Waals surface area contributed by atoms with Crippen LogP contribution in [0.2, 0.25) is 0 Å². The van der Waals surface area contributed by atoms with E-state index in [1.807, 2.05) is 34.6 Å². The number of nitrogens with two attached hydrogens (primary N) is 1. The summed E-state index contributed by atoms with van der Waals surface area (Å²) in [6, 6.07) is 2.35. The van der Waals surface area contributed by atoms with E-state index in [1.165, 1.54) is 6.42 Å². The Hall–Kier alpha value is -3.09. The predicted octanol–water partition coefficient (Wildman–Crippen LogP) is 3.69. The first-order valence-corrected chi connectivity index (χ1v) is 15.8.